The van der Waals surface area contributed by atoms with Gasteiger partial charge in [-0.2, -0.15) is 0 Å². The lowest BCUT2D eigenvalue weighted by Gasteiger charge is -2.47. The maximum absolute atomic E-state index is 16.8. The summed E-state index contributed by atoms with van der Waals surface area (Å²) in [5, 5.41) is 26.3. The summed E-state index contributed by atoms with van der Waals surface area (Å²) in [6.45, 7) is 12.7. The normalized spacial score (nSPS) is 36.8. The number of alkyl halides is 1. The van der Waals surface area contributed by atoms with Gasteiger partial charge in [-0.05, 0) is 104 Å². The summed E-state index contributed by atoms with van der Waals surface area (Å²) in [7, 11) is 5.05. The Bertz CT molecular complexity index is 2210. The maximum atomic E-state index is 16.8. The van der Waals surface area contributed by atoms with E-state index in [1.54, 1.807) is 26.8 Å². The number of rotatable bonds is 12. The lowest BCUT2D eigenvalue weighted by Crippen LogP contribution is -2.61. The van der Waals surface area contributed by atoms with E-state index >= 15 is 4.39 Å². The zero-order valence-electron chi connectivity index (χ0n) is 39.3. The number of aryl methyl sites for hydroxylation is 1. The minimum Gasteiger partial charge on any atom is -0.477 e. The molecule has 1 aromatic carbocycles. The highest BCUT2D eigenvalue weighted by Gasteiger charge is 2.60. The first-order valence-electron chi connectivity index (χ1n) is 22.6. The van der Waals surface area contributed by atoms with Gasteiger partial charge in [0.15, 0.2) is 23.8 Å². The molecule has 65 heavy (non-hydrogen) atoms. The number of carbonyl (C=O) groups excluding carboxylic acids is 3. The Morgan fingerprint density at radius 1 is 1.05 bits per heavy atom. The molecule has 0 amide bonds. The number of cyclic esters (lactones) is 1. The van der Waals surface area contributed by atoms with E-state index < -0.39 is 94.6 Å². The number of halogens is 1. The minimum atomic E-state index is -3.20. The Morgan fingerprint density at radius 3 is 2.35 bits per heavy atom. The van der Waals surface area contributed by atoms with Crippen LogP contribution in [0.3, 0.4) is 0 Å². The molecular weight excluding hydrogens is 850 g/mol. The highest BCUT2D eigenvalue weighted by molar-refractivity contribution is 6.08. The number of carbonyl (C=O) groups is 4. The third-order valence-electron chi connectivity index (χ3n) is 14.0. The van der Waals surface area contributed by atoms with E-state index in [2.05, 4.69) is 5.16 Å². The number of Topliss-reactive ketones (excluding diaryl/α,β-unsaturated/α-hetero) is 1. The average Bonchev–Trinajstić information content (AvgIpc) is 4.05. The lowest BCUT2D eigenvalue weighted by atomic mass is 9.73. The molecule has 0 unspecified atom stereocenters. The monoisotopic (exact) mass is 915 g/mol. The largest absolute Gasteiger partial charge is 0.509 e. The number of likely N-dealkylation sites (N-methyl/N-ethyl adjacent to an activating group) is 1. The van der Waals surface area contributed by atoms with Crippen LogP contribution in [0.5, 0.6) is 0 Å². The minimum absolute atomic E-state index is 0.0525. The van der Waals surface area contributed by atoms with E-state index in [0.717, 1.165) is 25.3 Å². The van der Waals surface area contributed by atoms with Crippen LogP contribution in [0.2, 0.25) is 0 Å². The molecule has 360 valence electrons. The Hall–Kier alpha value is -4.49. The van der Waals surface area contributed by atoms with Gasteiger partial charge in [-0.1, -0.05) is 38.9 Å². The molecule has 6 rings (SSSR count). The van der Waals surface area contributed by atoms with Crippen LogP contribution >= 0.6 is 0 Å². The first-order chi connectivity index (χ1) is 30.5. The number of methoxy groups -OCH3 is 1. The van der Waals surface area contributed by atoms with Crippen LogP contribution in [0, 0.1) is 17.8 Å². The fourth-order valence-electron chi connectivity index (χ4n) is 10.1. The molecule has 0 radical (unpaired) electrons. The summed E-state index contributed by atoms with van der Waals surface area (Å²) >= 11 is 0. The number of carboxylic acids is 1. The summed E-state index contributed by atoms with van der Waals surface area (Å²) in [5.74, 6) is -6.66. The number of ether oxygens (including phenoxy) is 6. The van der Waals surface area contributed by atoms with Crippen LogP contribution in [-0.4, -0.2) is 137 Å². The summed E-state index contributed by atoms with van der Waals surface area (Å²) in [6, 6.07) is 5.24. The number of carboxylic acid groups (broad SMARTS) is 1. The molecule has 0 bridgehead atoms. The number of esters is 1. The second kappa shape index (κ2) is 19.4. The van der Waals surface area contributed by atoms with Crippen molar-refractivity contribution in [1.29, 1.82) is 0 Å². The van der Waals surface area contributed by atoms with E-state index in [1.165, 1.54) is 27.2 Å². The van der Waals surface area contributed by atoms with Crippen LogP contribution in [0.1, 0.15) is 116 Å². The number of pyridine rings is 1. The summed E-state index contributed by atoms with van der Waals surface area (Å²) in [6.07, 6.45) is -2.82. The molecule has 2 aromatic rings. The van der Waals surface area contributed by atoms with Crippen molar-refractivity contribution in [3.8, 4) is 0 Å². The third kappa shape index (κ3) is 9.97. The van der Waals surface area contributed by atoms with Crippen LogP contribution < -0.4 is 5.43 Å². The molecule has 3 aliphatic heterocycles. The van der Waals surface area contributed by atoms with Crippen molar-refractivity contribution in [2.75, 3.05) is 27.8 Å². The van der Waals surface area contributed by atoms with Crippen LogP contribution in [0.4, 0.5) is 9.18 Å². The Labute approximate surface area is 378 Å². The fraction of sp³-hybridized carbons (Fsp3) is 0.702. The summed E-state index contributed by atoms with van der Waals surface area (Å²) in [5.41, 5.74) is -5.25. The van der Waals surface area contributed by atoms with Gasteiger partial charge < -0.3 is 52.9 Å². The zero-order valence-corrected chi connectivity index (χ0v) is 39.3. The van der Waals surface area contributed by atoms with Crippen LogP contribution in [0.25, 0.3) is 10.9 Å². The van der Waals surface area contributed by atoms with E-state index in [1.807, 2.05) is 49.5 Å². The van der Waals surface area contributed by atoms with Gasteiger partial charge >= 0.3 is 18.1 Å². The zero-order chi connectivity index (χ0) is 47.9. The van der Waals surface area contributed by atoms with Gasteiger partial charge in [0.2, 0.25) is 5.43 Å². The first kappa shape index (κ1) is 49.9. The van der Waals surface area contributed by atoms with Gasteiger partial charge in [0.1, 0.15) is 24.4 Å². The number of benzene rings is 1. The van der Waals surface area contributed by atoms with E-state index in [9.17, 15) is 34.2 Å². The molecule has 1 saturated carbocycles. The summed E-state index contributed by atoms with van der Waals surface area (Å²) < 4.78 is 54.9. The molecule has 0 spiro atoms. The molecule has 18 heteroatoms. The van der Waals surface area contributed by atoms with Crippen molar-refractivity contribution in [2.24, 2.45) is 22.9 Å². The molecule has 3 saturated heterocycles. The average molecular weight is 916 g/mol. The molecule has 4 heterocycles. The standard InChI is InChI=1S/C47H66FN3O14/c1-12-34-47(8)40(64-44(58)65-47)26(4)35(49-60-19-13-14-28-15-18-32-30(21-28)36(52)31(41(55)56)23-51(32)29-16-17-29)24(2)22-45(6,59-11)39(27(5)38(54)46(7,48)43(57)62-34)63-42-37(53)33(50(9)10)20-25(3)61-42/h15,18,21,23-27,29,33-34,37,39-40,42,53H,12-14,16-17,19-20,22H2,1-11H3,(H,55,56)/b49-35+/t24-,25-,26+,27+,33+,34-,37-,39-,40-,42+,45-,46+,47-/m1/s1. The highest BCUT2D eigenvalue weighted by Crippen LogP contribution is 2.43. The van der Waals surface area contributed by atoms with Crippen molar-refractivity contribution in [3.05, 3.63) is 45.7 Å². The van der Waals surface area contributed by atoms with Crippen molar-refractivity contribution in [1.82, 2.24) is 9.47 Å². The topological polar surface area (TPSA) is 211 Å². The molecule has 4 fully saturated rings. The Balaban J connectivity index is 1.34. The third-order valence-corrected chi connectivity index (χ3v) is 14.0. The second-order valence-corrected chi connectivity index (χ2v) is 19.2. The Morgan fingerprint density at radius 2 is 1.74 bits per heavy atom. The highest BCUT2D eigenvalue weighted by atomic mass is 19.1. The molecule has 2 N–H and O–H groups in total. The number of oxime groups is 1. The van der Waals surface area contributed by atoms with Gasteiger partial charge in [0, 0.05) is 48.5 Å². The molecule has 17 nitrogen and oxygen atoms in total. The predicted octanol–water partition coefficient (Wildman–Crippen LogP) is 5.78. The number of hydrogen-bond acceptors (Lipinski definition) is 15. The van der Waals surface area contributed by atoms with Crippen LogP contribution in [-0.2, 0) is 49.3 Å². The lowest BCUT2D eigenvalue weighted by molar-refractivity contribution is -0.295. The number of aliphatic hydroxyl groups is 1. The summed E-state index contributed by atoms with van der Waals surface area (Å²) in [4.78, 5) is 74.2. The van der Waals surface area contributed by atoms with Gasteiger partial charge in [0.25, 0.3) is 5.67 Å². The van der Waals surface area contributed by atoms with E-state index in [0.29, 0.717) is 35.9 Å². The Kier molecular flexibility index (Phi) is 14.9. The number of aliphatic hydroxyl groups excluding tert-OH is 1. The molecular formula is C47H66FN3O14. The smallest absolute Gasteiger partial charge is 0.477 e. The van der Waals surface area contributed by atoms with Crippen molar-refractivity contribution < 1.29 is 67.0 Å². The van der Waals surface area contributed by atoms with Gasteiger partial charge in [-0.3, -0.25) is 9.59 Å². The van der Waals surface area contributed by atoms with Crippen molar-refractivity contribution >= 4 is 40.5 Å². The van der Waals surface area contributed by atoms with Crippen LogP contribution in [0.15, 0.2) is 34.3 Å². The molecule has 1 aromatic heterocycles. The molecule has 1 aliphatic carbocycles. The molecule has 13 atom stereocenters. The van der Waals surface area contributed by atoms with Gasteiger partial charge in [-0.15, -0.1) is 0 Å². The van der Waals surface area contributed by atoms with E-state index in [4.69, 9.17) is 33.3 Å². The quantitative estimate of drug-likeness (QED) is 0.112. The maximum Gasteiger partial charge on any atom is 0.509 e. The molecule has 4 aliphatic rings. The van der Waals surface area contributed by atoms with Gasteiger partial charge in [0.05, 0.1) is 29.0 Å². The predicted molar refractivity (Wildman–Crippen MR) is 234 cm³/mol. The van der Waals surface area contributed by atoms with Gasteiger partial charge in [-0.25, -0.2) is 18.8 Å². The fourth-order valence-corrected chi connectivity index (χ4v) is 10.1. The second-order valence-electron chi connectivity index (χ2n) is 19.2. The number of aromatic nitrogens is 1. The number of aromatic carboxylic acids is 1. The number of nitrogens with zero attached hydrogens (tertiary/aromatic N) is 3. The number of ketones is 1. The SMILES string of the molecule is CC[C@H]1OC(=O)[C@@](C)(F)C(=O)[C@H](C)[C@@H](O[C@@H]2O[C@H](C)C[C@H](N(C)C)[C@H]2O)[C@](C)(OC)C[C@@H](C)/C(=N\OCCCc2ccc3c(c2)c(=O)c(C(=O)O)cn3C2CC2)[C@H](C)[C@H]2OC(=O)O[C@@]21C. The van der Waals surface area contributed by atoms with Crippen molar-refractivity contribution in [2.45, 2.75) is 166 Å². The number of hydrogen-bond donors (Lipinski definition) is 2. The van der Waals surface area contributed by atoms with Crippen molar-refractivity contribution in [3.63, 3.8) is 0 Å². The first-order valence-corrected chi connectivity index (χ1v) is 22.6. The van der Waals surface area contributed by atoms with E-state index in [-0.39, 0.29) is 43.2 Å². The number of fused-ring (bicyclic) bond motifs is 2.